The molecular formula is C24H27N3O. The van der Waals surface area contributed by atoms with Crippen molar-refractivity contribution in [3.05, 3.63) is 84.2 Å². The molecule has 1 amide bonds. The lowest BCUT2D eigenvalue weighted by Gasteiger charge is -2.31. The second-order valence-corrected chi connectivity index (χ2v) is 7.48. The normalized spacial score (nSPS) is 14.1. The van der Waals surface area contributed by atoms with E-state index >= 15 is 0 Å². The summed E-state index contributed by atoms with van der Waals surface area (Å²) in [7, 11) is 1.89. The van der Waals surface area contributed by atoms with Crippen molar-refractivity contribution in [2.75, 3.05) is 25.0 Å². The molecule has 4 heteroatoms. The van der Waals surface area contributed by atoms with Gasteiger partial charge in [0.2, 0.25) is 0 Å². The number of nitrogens with zero attached hydrogens (tertiary/aromatic N) is 3. The Morgan fingerprint density at radius 2 is 1.68 bits per heavy atom. The summed E-state index contributed by atoms with van der Waals surface area (Å²) in [4.78, 5) is 17.3. The fraction of sp³-hybridized carbons (Fsp3) is 0.292. The van der Waals surface area contributed by atoms with Gasteiger partial charge < -0.3 is 14.4 Å². The number of piperidine rings is 1. The maximum atomic E-state index is 13.1. The van der Waals surface area contributed by atoms with E-state index in [4.69, 9.17) is 0 Å². The molecule has 28 heavy (non-hydrogen) atoms. The molecule has 1 aliphatic rings. The minimum Gasteiger partial charge on any atom is -0.371 e. The van der Waals surface area contributed by atoms with Crippen LogP contribution in [0.3, 0.4) is 0 Å². The fourth-order valence-electron chi connectivity index (χ4n) is 3.94. The molecule has 0 radical (unpaired) electrons. The highest BCUT2D eigenvalue weighted by Gasteiger charge is 2.18. The number of aromatic nitrogens is 1. The van der Waals surface area contributed by atoms with E-state index in [1.807, 2.05) is 65.3 Å². The Morgan fingerprint density at radius 1 is 0.929 bits per heavy atom. The number of hydrogen-bond acceptors (Lipinski definition) is 2. The Bertz CT molecular complexity index is 927. The van der Waals surface area contributed by atoms with Crippen LogP contribution in [0.2, 0.25) is 0 Å². The van der Waals surface area contributed by atoms with Crippen LogP contribution in [0.1, 0.15) is 35.2 Å². The van der Waals surface area contributed by atoms with E-state index in [-0.39, 0.29) is 5.91 Å². The van der Waals surface area contributed by atoms with Crippen LogP contribution < -0.4 is 4.90 Å². The maximum absolute atomic E-state index is 13.1. The molecule has 0 atom stereocenters. The summed E-state index contributed by atoms with van der Waals surface area (Å²) in [5.41, 5.74) is 4.19. The number of carbonyl (C=O) groups excluding carboxylic acids is 1. The monoisotopic (exact) mass is 373 g/mol. The van der Waals surface area contributed by atoms with Crippen LogP contribution in [0.25, 0.3) is 5.69 Å². The molecule has 2 heterocycles. The molecule has 2 aromatic carbocycles. The number of hydrogen-bond donors (Lipinski definition) is 0. The second kappa shape index (κ2) is 8.34. The zero-order chi connectivity index (χ0) is 19.3. The molecule has 0 bridgehead atoms. The maximum Gasteiger partial charge on any atom is 0.253 e. The Hall–Kier alpha value is -3.01. The molecule has 3 aromatic rings. The van der Waals surface area contributed by atoms with Gasteiger partial charge in [-0.1, -0.05) is 24.3 Å². The molecule has 0 aliphatic carbocycles. The Morgan fingerprint density at radius 3 is 2.46 bits per heavy atom. The lowest BCUT2D eigenvalue weighted by molar-refractivity contribution is 0.0785. The molecule has 4 nitrogen and oxygen atoms in total. The van der Waals surface area contributed by atoms with Crippen LogP contribution in [0.4, 0.5) is 5.69 Å². The molecule has 144 valence electrons. The van der Waals surface area contributed by atoms with Crippen molar-refractivity contribution >= 4 is 11.6 Å². The summed E-state index contributed by atoms with van der Waals surface area (Å²) in [6.07, 6.45) is 7.78. The molecule has 0 saturated carbocycles. The number of amides is 1. The summed E-state index contributed by atoms with van der Waals surface area (Å²) < 4.78 is 2.02. The van der Waals surface area contributed by atoms with Crippen molar-refractivity contribution in [2.24, 2.45) is 0 Å². The molecule has 1 fully saturated rings. The SMILES string of the molecule is CN(Cc1ccccc1N1CCCCC1)C(=O)c1cccc(-n2cccc2)c1. The molecule has 4 rings (SSSR count). The number of rotatable bonds is 5. The van der Waals surface area contributed by atoms with Gasteiger partial charge in [0.15, 0.2) is 0 Å². The predicted octanol–water partition coefficient (Wildman–Crippen LogP) is 4.74. The predicted molar refractivity (Wildman–Crippen MR) is 114 cm³/mol. The largest absolute Gasteiger partial charge is 0.371 e. The average molecular weight is 373 g/mol. The zero-order valence-electron chi connectivity index (χ0n) is 16.4. The van der Waals surface area contributed by atoms with Crippen molar-refractivity contribution < 1.29 is 4.79 Å². The van der Waals surface area contributed by atoms with E-state index < -0.39 is 0 Å². The topological polar surface area (TPSA) is 28.5 Å². The standard InChI is InChI=1S/C24H27N3O/c1-25(19-21-10-3-4-13-23(21)27-16-5-2-6-17-27)24(28)20-11-9-12-22(18-20)26-14-7-8-15-26/h3-4,7-15,18H,2,5-6,16-17,19H2,1H3. The molecule has 1 aliphatic heterocycles. The van der Waals surface area contributed by atoms with Gasteiger partial charge in [-0.15, -0.1) is 0 Å². The minimum atomic E-state index is 0.0439. The molecule has 0 N–H and O–H groups in total. The Kier molecular flexibility index (Phi) is 5.47. The van der Waals surface area contributed by atoms with Gasteiger partial charge in [0, 0.05) is 56.0 Å². The van der Waals surface area contributed by atoms with Gasteiger partial charge >= 0.3 is 0 Å². The van der Waals surface area contributed by atoms with E-state index in [2.05, 4.69) is 29.2 Å². The van der Waals surface area contributed by atoms with Gasteiger partial charge in [-0.25, -0.2) is 0 Å². The number of benzene rings is 2. The van der Waals surface area contributed by atoms with E-state index in [1.165, 1.54) is 30.5 Å². The highest BCUT2D eigenvalue weighted by Crippen LogP contribution is 2.25. The number of para-hydroxylation sites is 1. The summed E-state index contributed by atoms with van der Waals surface area (Å²) in [6, 6.07) is 20.3. The van der Waals surface area contributed by atoms with Gasteiger partial charge in [0.25, 0.3) is 5.91 Å². The smallest absolute Gasteiger partial charge is 0.253 e. The van der Waals surface area contributed by atoms with Crippen LogP contribution in [0, 0.1) is 0 Å². The van der Waals surface area contributed by atoms with E-state index in [0.717, 1.165) is 18.8 Å². The number of carbonyl (C=O) groups is 1. The van der Waals surface area contributed by atoms with Crippen molar-refractivity contribution in [3.63, 3.8) is 0 Å². The van der Waals surface area contributed by atoms with Crippen LogP contribution in [-0.2, 0) is 6.54 Å². The summed E-state index contributed by atoms with van der Waals surface area (Å²) >= 11 is 0. The van der Waals surface area contributed by atoms with Crippen LogP contribution in [0.5, 0.6) is 0 Å². The average Bonchev–Trinajstić information content (AvgIpc) is 3.29. The van der Waals surface area contributed by atoms with Gasteiger partial charge in [-0.05, 0) is 61.2 Å². The third-order valence-electron chi connectivity index (χ3n) is 5.44. The second-order valence-electron chi connectivity index (χ2n) is 7.48. The van der Waals surface area contributed by atoms with Gasteiger partial charge in [-0.3, -0.25) is 4.79 Å². The summed E-state index contributed by atoms with van der Waals surface area (Å²) in [6.45, 7) is 2.82. The first kappa shape index (κ1) is 18.4. The Balaban J connectivity index is 1.52. The molecule has 1 saturated heterocycles. The quantitative estimate of drug-likeness (QED) is 0.646. The zero-order valence-corrected chi connectivity index (χ0v) is 16.4. The van der Waals surface area contributed by atoms with Crippen molar-refractivity contribution in [3.8, 4) is 5.69 Å². The van der Waals surface area contributed by atoms with E-state index in [0.29, 0.717) is 12.1 Å². The first-order valence-corrected chi connectivity index (χ1v) is 10.0. The first-order chi connectivity index (χ1) is 13.7. The lowest BCUT2D eigenvalue weighted by Crippen LogP contribution is -2.32. The van der Waals surface area contributed by atoms with Crippen molar-refractivity contribution in [1.82, 2.24) is 9.47 Å². The van der Waals surface area contributed by atoms with Gasteiger partial charge in [0.1, 0.15) is 0 Å². The van der Waals surface area contributed by atoms with E-state index in [1.54, 1.807) is 0 Å². The van der Waals surface area contributed by atoms with Crippen molar-refractivity contribution in [2.45, 2.75) is 25.8 Å². The molecule has 0 spiro atoms. The third-order valence-corrected chi connectivity index (χ3v) is 5.44. The van der Waals surface area contributed by atoms with Crippen LogP contribution >= 0.6 is 0 Å². The highest BCUT2D eigenvalue weighted by atomic mass is 16.2. The molecule has 0 unspecified atom stereocenters. The third kappa shape index (κ3) is 3.96. The van der Waals surface area contributed by atoms with E-state index in [9.17, 15) is 4.79 Å². The molecular weight excluding hydrogens is 346 g/mol. The van der Waals surface area contributed by atoms with Crippen LogP contribution in [-0.4, -0.2) is 35.5 Å². The number of anilines is 1. The van der Waals surface area contributed by atoms with Crippen molar-refractivity contribution in [1.29, 1.82) is 0 Å². The minimum absolute atomic E-state index is 0.0439. The van der Waals surface area contributed by atoms with Crippen LogP contribution in [0.15, 0.2) is 73.1 Å². The molecule has 1 aromatic heterocycles. The van der Waals surface area contributed by atoms with Gasteiger partial charge in [-0.2, -0.15) is 0 Å². The summed E-state index contributed by atoms with van der Waals surface area (Å²) in [5.74, 6) is 0.0439. The Labute approximate surface area is 167 Å². The summed E-state index contributed by atoms with van der Waals surface area (Å²) in [5, 5.41) is 0. The first-order valence-electron chi connectivity index (χ1n) is 10.0. The van der Waals surface area contributed by atoms with Gasteiger partial charge in [0.05, 0.1) is 0 Å². The lowest BCUT2D eigenvalue weighted by atomic mass is 10.1. The highest BCUT2D eigenvalue weighted by molar-refractivity contribution is 5.94. The fourth-order valence-corrected chi connectivity index (χ4v) is 3.94.